The summed E-state index contributed by atoms with van der Waals surface area (Å²) in [6.07, 6.45) is -0.728. The van der Waals surface area contributed by atoms with Gasteiger partial charge in [0, 0.05) is 20.6 Å². The van der Waals surface area contributed by atoms with Crippen LogP contribution in [0.1, 0.15) is 39.1 Å². The van der Waals surface area contributed by atoms with E-state index in [4.69, 9.17) is 39.5 Å². The number of benzene rings is 3. The average molecular weight is 525 g/mol. The van der Waals surface area contributed by atoms with Crippen LogP contribution in [0, 0.1) is 0 Å². The van der Waals surface area contributed by atoms with Crippen molar-refractivity contribution in [1.82, 2.24) is 0 Å². The summed E-state index contributed by atoms with van der Waals surface area (Å²) < 4.78 is 6.45. The molecule has 0 heterocycles. The minimum Gasteiger partial charge on any atom is -0.456 e. The Morgan fingerprint density at radius 2 is 1.60 bits per heavy atom. The summed E-state index contributed by atoms with van der Waals surface area (Å²) in [6, 6.07) is 17.5. The lowest BCUT2D eigenvalue weighted by Gasteiger charge is -2.22. The van der Waals surface area contributed by atoms with Gasteiger partial charge in [-0.3, -0.25) is 9.59 Å². The van der Waals surface area contributed by atoms with E-state index in [2.05, 4.69) is 15.9 Å². The van der Waals surface area contributed by atoms with Gasteiger partial charge in [0.15, 0.2) is 5.78 Å². The third-order valence-electron chi connectivity index (χ3n) is 5.04. The number of rotatable bonds is 4. The molecule has 2 unspecified atom stereocenters. The van der Waals surface area contributed by atoms with E-state index in [0.717, 1.165) is 5.56 Å². The molecule has 30 heavy (non-hydrogen) atoms. The summed E-state index contributed by atoms with van der Waals surface area (Å²) in [5, 5.41) is 1.16. The molecule has 0 fully saturated rings. The summed E-state index contributed by atoms with van der Waals surface area (Å²) in [4.78, 5) is 25.9. The van der Waals surface area contributed by atoms with E-state index in [1.165, 1.54) is 0 Å². The van der Waals surface area contributed by atoms with Crippen LogP contribution in [0.15, 0.2) is 65.1 Å². The van der Waals surface area contributed by atoms with Crippen molar-refractivity contribution in [3.8, 4) is 0 Å². The van der Waals surface area contributed by atoms with E-state index in [9.17, 15) is 9.59 Å². The van der Waals surface area contributed by atoms with E-state index in [-0.39, 0.29) is 17.2 Å². The van der Waals surface area contributed by atoms with Crippen LogP contribution in [0.25, 0.3) is 0 Å². The maximum absolute atomic E-state index is 13.2. The standard InChI is InChI=1S/C23H14BrCl3O3/c24-17-10-9-16(20(26)21(17)27)19-22(29)14-3-1-2-4-15(14)23(19)30-18(28)11-12-5-7-13(25)8-6-12/h1-10,19,23H,11H2. The van der Waals surface area contributed by atoms with Gasteiger partial charge in [0.25, 0.3) is 0 Å². The highest BCUT2D eigenvalue weighted by molar-refractivity contribution is 9.10. The third-order valence-corrected chi connectivity index (χ3v) is 7.08. The largest absolute Gasteiger partial charge is 0.456 e. The van der Waals surface area contributed by atoms with Crippen LogP contribution < -0.4 is 0 Å². The predicted octanol–water partition coefficient (Wildman–Crippen LogP) is 7.22. The Hall–Kier alpha value is -1.85. The molecule has 0 radical (unpaired) electrons. The van der Waals surface area contributed by atoms with Crippen molar-refractivity contribution in [3.05, 3.63) is 102 Å². The van der Waals surface area contributed by atoms with E-state index in [1.807, 2.05) is 6.07 Å². The van der Waals surface area contributed by atoms with Gasteiger partial charge in [-0.25, -0.2) is 0 Å². The molecular formula is C23H14BrCl3O3. The van der Waals surface area contributed by atoms with Crippen molar-refractivity contribution >= 4 is 62.5 Å². The van der Waals surface area contributed by atoms with Gasteiger partial charge in [0.05, 0.1) is 22.4 Å². The zero-order chi connectivity index (χ0) is 21.4. The fourth-order valence-corrected chi connectivity index (χ4v) is 4.65. The van der Waals surface area contributed by atoms with Crippen LogP contribution >= 0.6 is 50.7 Å². The highest BCUT2D eigenvalue weighted by atomic mass is 79.9. The van der Waals surface area contributed by atoms with E-state index in [0.29, 0.717) is 31.2 Å². The molecule has 0 aromatic heterocycles. The van der Waals surface area contributed by atoms with Crippen LogP contribution in [0.5, 0.6) is 0 Å². The summed E-state index contributed by atoms with van der Waals surface area (Å²) in [5.41, 5.74) is 2.47. The first-order chi connectivity index (χ1) is 14.4. The Morgan fingerprint density at radius 3 is 2.33 bits per heavy atom. The monoisotopic (exact) mass is 522 g/mol. The van der Waals surface area contributed by atoms with Gasteiger partial charge in [-0.2, -0.15) is 0 Å². The number of carbonyl (C=O) groups is 2. The van der Waals surface area contributed by atoms with Crippen LogP contribution in [0.2, 0.25) is 15.1 Å². The zero-order valence-electron chi connectivity index (χ0n) is 15.4. The van der Waals surface area contributed by atoms with E-state index >= 15 is 0 Å². The van der Waals surface area contributed by atoms with Gasteiger partial charge < -0.3 is 4.74 Å². The highest BCUT2D eigenvalue weighted by Gasteiger charge is 2.44. The number of esters is 1. The average Bonchev–Trinajstić information content (AvgIpc) is 3.00. The molecule has 0 aliphatic heterocycles. The predicted molar refractivity (Wildman–Crippen MR) is 122 cm³/mol. The third kappa shape index (κ3) is 4.02. The number of hydrogen-bond acceptors (Lipinski definition) is 3. The minimum absolute atomic E-state index is 0.0611. The molecule has 0 N–H and O–H groups in total. The van der Waals surface area contributed by atoms with Gasteiger partial charge in [-0.15, -0.1) is 0 Å². The Kier molecular flexibility index (Phi) is 6.21. The molecule has 0 spiro atoms. The molecule has 3 aromatic carbocycles. The molecule has 0 bridgehead atoms. The topological polar surface area (TPSA) is 43.4 Å². The lowest BCUT2D eigenvalue weighted by molar-refractivity contribution is -0.148. The number of halogens is 4. The molecule has 0 amide bonds. The summed E-state index contributed by atoms with van der Waals surface area (Å²) in [5.74, 6) is -1.37. The normalized spacial score (nSPS) is 17.7. The van der Waals surface area contributed by atoms with Gasteiger partial charge in [-0.05, 0) is 45.3 Å². The number of fused-ring (bicyclic) bond motifs is 1. The number of ether oxygens (including phenoxy) is 1. The van der Waals surface area contributed by atoms with Crippen LogP contribution in [-0.2, 0) is 16.0 Å². The first kappa shape index (κ1) is 21.4. The SMILES string of the molecule is O=C(Cc1ccc(Cl)cc1)OC1c2ccccc2C(=O)C1c1ccc(Br)c(Cl)c1Cl. The Bertz CT molecular complexity index is 1140. The highest BCUT2D eigenvalue weighted by Crippen LogP contribution is 2.48. The minimum atomic E-state index is -0.789. The number of carbonyl (C=O) groups excluding carboxylic acids is 2. The van der Waals surface area contributed by atoms with Crippen molar-refractivity contribution in [2.45, 2.75) is 18.4 Å². The van der Waals surface area contributed by atoms with E-state index in [1.54, 1.807) is 54.6 Å². The first-order valence-electron chi connectivity index (χ1n) is 9.07. The fourth-order valence-electron chi connectivity index (χ4n) is 3.62. The molecule has 2 atom stereocenters. The maximum atomic E-state index is 13.2. The van der Waals surface area contributed by atoms with Crippen LogP contribution in [-0.4, -0.2) is 11.8 Å². The van der Waals surface area contributed by atoms with Crippen LogP contribution in [0.4, 0.5) is 0 Å². The second kappa shape index (κ2) is 8.72. The molecule has 1 aliphatic rings. The van der Waals surface area contributed by atoms with Gasteiger partial charge in [0.1, 0.15) is 6.10 Å². The lowest BCUT2D eigenvalue weighted by Crippen LogP contribution is -2.19. The summed E-state index contributed by atoms with van der Waals surface area (Å²) in [6.45, 7) is 0. The molecule has 7 heteroatoms. The van der Waals surface area contributed by atoms with Crippen molar-refractivity contribution in [1.29, 1.82) is 0 Å². The molecule has 3 nitrogen and oxygen atoms in total. The molecule has 4 rings (SSSR count). The van der Waals surface area contributed by atoms with Gasteiger partial charge >= 0.3 is 5.97 Å². The second-order valence-corrected chi connectivity index (χ2v) is 8.95. The number of hydrogen-bond donors (Lipinski definition) is 0. The molecule has 0 saturated heterocycles. The Labute approximate surface area is 197 Å². The quantitative estimate of drug-likeness (QED) is 0.267. The Balaban J connectivity index is 1.69. The van der Waals surface area contributed by atoms with Crippen molar-refractivity contribution in [3.63, 3.8) is 0 Å². The molecule has 0 saturated carbocycles. The second-order valence-electron chi connectivity index (χ2n) is 6.91. The Morgan fingerprint density at radius 1 is 0.900 bits per heavy atom. The molecule has 3 aromatic rings. The van der Waals surface area contributed by atoms with Crippen molar-refractivity contribution in [2.24, 2.45) is 0 Å². The van der Waals surface area contributed by atoms with Gasteiger partial charge in [0.2, 0.25) is 0 Å². The number of Topliss-reactive ketones (excluding diaryl/α,β-unsaturated/α-hetero) is 1. The first-order valence-corrected chi connectivity index (χ1v) is 11.0. The van der Waals surface area contributed by atoms with Crippen molar-refractivity contribution in [2.75, 3.05) is 0 Å². The lowest BCUT2D eigenvalue weighted by atomic mass is 9.93. The van der Waals surface area contributed by atoms with Crippen molar-refractivity contribution < 1.29 is 14.3 Å². The maximum Gasteiger partial charge on any atom is 0.310 e. The molecular weight excluding hydrogens is 511 g/mol. The summed E-state index contributed by atoms with van der Waals surface area (Å²) >= 11 is 22.0. The molecule has 152 valence electrons. The van der Waals surface area contributed by atoms with Gasteiger partial charge in [-0.1, -0.05) is 77.3 Å². The zero-order valence-corrected chi connectivity index (χ0v) is 19.2. The van der Waals surface area contributed by atoms with Crippen LogP contribution in [0.3, 0.4) is 0 Å². The van der Waals surface area contributed by atoms with E-state index < -0.39 is 18.0 Å². The fraction of sp³-hybridized carbons (Fsp3) is 0.130. The summed E-state index contributed by atoms with van der Waals surface area (Å²) in [7, 11) is 0. The number of ketones is 1. The smallest absolute Gasteiger partial charge is 0.310 e. The molecule has 1 aliphatic carbocycles.